The van der Waals surface area contributed by atoms with Crippen LogP contribution in [0.1, 0.15) is 151 Å². The second kappa shape index (κ2) is 21.7. The highest BCUT2D eigenvalue weighted by atomic mass is 16.4. The standard InChI is InChI=1S/C23H39NO3.C20H35NO2.C3H6O2.C2H4O2/c1-5-21(27)24-13-18-19-7-6-15(2)22(19,3)11-9-20(18)23(4)10-8-17(26)12-16(23)14-25;1-13-4-5-17-16(11-21)18(7-9-19(13,17)2)20(3)8-6-15(23)10-14(20)12-22;1-2-3(4)5;1-2(3)4/h16-20,25-26H,2,5-14H2,1,3-4H3,(H,24,27);14-18,22-23H,1,4-12,21H2,2-3H3;2H2,1H3,(H,4,5);1H3,(H,3,4)/t16-,17+,18+,19+,20+,22-,23+;14-,15+,16+,17+,18+,19-,20+;;/m11../s1. The molecule has 0 bridgehead atoms. The van der Waals surface area contributed by atoms with Gasteiger partial charge in [-0.2, -0.15) is 0 Å². The molecule has 0 aromatic heterocycles. The summed E-state index contributed by atoms with van der Waals surface area (Å²) < 4.78 is 0. The summed E-state index contributed by atoms with van der Waals surface area (Å²) in [6.45, 7) is 24.6. The van der Waals surface area contributed by atoms with Crippen LogP contribution in [0.15, 0.2) is 24.3 Å². The molecule has 340 valence electrons. The van der Waals surface area contributed by atoms with Gasteiger partial charge < -0.3 is 41.7 Å². The average molecular weight is 833 g/mol. The van der Waals surface area contributed by atoms with E-state index in [2.05, 4.69) is 46.2 Å². The second-order valence-electron chi connectivity index (χ2n) is 20.2. The largest absolute Gasteiger partial charge is 0.481 e. The topological polar surface area (TPSA) is 211 Å². The third kappa shape index (κ3) is 11.4. The fraction of sp³-hybridized carbons (Fsp3) is 0.854. The number of hydrogen-bond acceptors (Lipinski definition) is 8. The Morgan fingerprint density at radius 3 is 1.42 bits per heavy atom. The lowest BCUT2D eigenvalue weighted by Crippen LogP contribution is -2.53. The van der Waals surface area contributed by atoms with Gasteiger partial charge in [-0.05, 0) is 165 Å². The molecule has 0 aliphatic heterocycles. The highest BCUT2D eigenvalue weighted by molar-refractivity contribution is 5.75. The van der Waals surface area contributed by atoms with Crippen molar-refractivity contribution in [3.8, 4) is 0 Å². The normalized spacial score (nSPS) is 41.4. The van der Waals surface area contributed by atoms with Crippen LogP contribution in [0.25, 0.3) is 0 Å². The van der Waals surface area contributed by atoms with E-state index in [9.17, 15) is 30.0 Å². The number of aliphatic hydroxyl groups excluding tert-OH is 4. The van der Waals surface area contributed by atoms with E-state index in [4.69, 9.17) is 20.7 Å². The first kappa shape index (κ1) is 51.0. The Labute approximate surface area is 356 Å². The van der Waals surface area contributed by atoms with E-state index in [1.165, 1.54) is 36.8 Å². The maximum absolute atomic E-state index is 12.0. The molecule has 11 nitrogen and oxygen atoms in total. The highest BCUT2D eigenvalue weighted by Gasteiger charge is 2.58. The number of amides is 1. The SMILES string of the molecule is C=C1CC[C@H]2[C@H](CN)[C@@H]([C@@]3(C)CC[C@H](O)C[C@@H]3CO)CC[C@]12C.C=C1CC[C@H]2[C@H](CNC(=O)CC)[C@@H]([C@@]3(C)CC[C@H](O)C[C@@H]3CO)CC[C@]12C.CC(=O)O.CCC(=O)O. The molecule has 6 aliphatic rings. The number of allylic oxidation sites excluding steroid dienone is 2. The molecule has 0 heterocycles. The van der Waals surface area contributed by atoms with Crippen molar-refractivity contribution in [2.24, 2.45) is 74.7 Å². The van der Waals surface area contributed by atoms with Crippen LogP contribution in [0, 0.1) is 69.0 Å². The lowest BCUT2D eigenvalue weighted by Gasteiger charge is -2.56. The summed E-state index contributed by atoms with van der Waals surface area (Å²) in [6, 6.07) is 0. The zero-order chi connectivity index (χ0) is 44.5. The third-order valence-corrected chi connectivity index (χ3v) is 17.4. The quantitative estimate of drug-likeness (QED) is 0.108. The number of aliphatic hydroxyl groups is 4. The van der Waals surface area contributed by atoms with Crippen LogP contribution in [0.5, 0.6) is 0 Å². The molecule has 0 radical (unpaired) electrons. The maximum atomic E-state index is 12.0. The van der Waals surface area contributed by atoms with Crippen molar-refractivity contribution in [3.63, 3.8) is 0 Å². The van der Waals surface area contributed by atoms with Crippen molar-refractivity contribution in [2.75, 3.05) is 26.3 Å². The predicted molar refractivity (Wildman–Crippen MR) is 233 cm³/mol. The van der Waals surface area contributed by atoms with E-state index < -0.39 is 11.9 Å². The van der Waals surface area contributed by atoms with Crippen molar-refractivity contribution in [2.45, 2.75) is 163 Å². The van der Waals surface area contributed by atoms with Crippen molar-refractivity contribution in [1.82, 2.24) is 5.32 Å². The predicted octanol–water partition coefficient (Wildman–Crippen LogP) is 7.35. The van der Waals surface area contributed by atoms with Gasteiger partial charge in [0.25, 0.3) is 5.97 Å². The molecule has 6 fully saturated rings. The molecule has 0 saturated heterocycles. The minimum Gasteiger partial charge on any atom is -0.481 e. The van der Waals surface area contributed by atoms with Crippen molar-refractivity contribution < 1.29 is 45.0 Å². The van der Waals surface area contributed by atoms with Gasteiger partial charge in [0.15, 0.2) is 0 Å². The van der Waals surface area contributed by atoms with Gasteiger partial charge in [0.1, 0.15) is 0 Å². The van der Waals surface area contributed by atoms with Gasteiger partial charge in [0.2, 0.25) is 5.91 Å². The fourth-order valence-corrected chi connectivity index (χ4v) is 13.3. The molecule has 6 aliphatic carbocycles. The molecule has 0 unspecified atom stereocenters. The lowest BCUT2D eigenvalue weighted by molar-refractivity contribution is -0.137. The molecule has 0 aromatic carbocycles. The number of nitrogens with one attached hydrogen (secondary N) is 1. The maximum Gasteiger partial charge on any atom is 0.303 e. The summed E-state index contributed by atoms with van der Waals surface area (Å²) in [5.41, 5.74) is 9.73. The molecule has 1 amide bonds. The molecule has 0 aromatic rings. The van der Waals surface area contributed by atoms with Gasteiger partial charge >= 0.3 is 5.97 Å². The molecule has 6 rings (SSSR count). The van der Waals surface area contributed by atoms with E-state index in [1.54, 1.807) is 6.92 Å². The van der Waals surface area contributed by atoms with Crippen LogP contribution in [-0.4, -0.2) is 87.0 Å². The Kier molecular flexibility index (Phi) is 18.7. The van der Waals surface area contributed by atoms with Crippen molar-refractivity contribution >= 4 is 17.8 Å². The number of fused-ring (bicyclic) bond motifs is 2. The Morgan fingerprint density at radius 1 is 0.678 bits per heavy atom. The van der Waals surface area contributed by atoms with Gasteiger partial charge in [0.05, 0.1) is 12.2 Å². The van der Waals surface area contributed by atoms with Crippen LogP contribution in [0.2, 0.25) is 0 Å². The third-order valence-electron chi connectivity index (χ3n) is 17.4. The number of aliphatic carboxylic acids is 2. The van der Waals surface area contributed by atoms with Gasteiger partial charge in [-0.15, -0.1) is 0 Å². The number of hydrogen-bond donors (Lipinski definition) is 8. The first-order valence-electron chi connectivity index (χ1n) is 23.0. The molecule has 59 heavy (non-hydrogen) atoms. The summed E-state index contributed by atoms with van der Waals surface area (Å²) in [5, 5.41) is 58.6. The van der Waals surface area contributed by atoms with Gasteiger partial charge in [-0.1, -0.05) is 65.8 Å². The van der Waals surface area contributed by atoms with Crippen LogP contribution >= 0.6 is 0 Å². The van der Waals surface area contributed by atoms with Crippen molar-refractivity contribution in [1.29, 1.82) is 0 Å². The van der Waals surface area contributed by atoms with Crippen LogP contribution < -0.4 is 11.1 Å². The molecular formula is C48H84N2O9. The number of carbonyl (C=O) groups excluding carboxylic acids is 1. The van der Waals surface area contributed by atoms with Crippen LogP contribution in [-0.2, 0) is 14.4 Å². The summed E-state index contributed by atoms with van der Waals surface area (Å²) >= 11 is 0. The summed E-state index contributed by atoms with van der Waals surface area (Å²) in [4.78, 5) is 30.4. The summed E-state index contributed by atoms with van der Waals surface area (Å²) in [7, 11) is 0. The first-order chi connectivity index (χ1) is 27.6. The van der Waals surface area contributed by atoms with E-state index in [1.807, 2.05) is 6.92 Å². The number of carboxylic acids is 2. The molecule has 9 N–H and O–H groups in total. The average Bonchev–Trinajstić information content (AvgIpc) is 3.68. The van der Waals surface area contributed by atoms with Crippen LogP contribution in [0.4, 0.5) is 0 Å². The monoisotopic (exact) mass is 833 g/mol. The highest BCUT2D eigenvalue weighted by Crippen LogP contribution is 2.65. The minimum atomic E-state index is -0.833. The number of carbonyl (C=O) groups is 3. The van der Waals surface area contributed by atoms with Crippen molar-refractivity contribution in [3.05, 3.63) is 24.3 Å². The van der Waals surface area contributed by atoms with Gasteiger partial charge in [0, 0.05) is 39.5 Å². The first-order valence-corrected chi connectivity index (χ1v) is 23.0. The number of carboxylic acid groups (broad SMARTS) is 2. The summed E-state index contributed by atoms with van der Waals surface area (Å²) in [6.07, 6.45) is 14.7. The Morgan fingerprint density at radius 2 is 1.07 bits per heavy atom. The van der Waals surface area contributed by atoms with E-state index in [0.717, 1.165) is 77.8 Å². The molecule has 0 spiro atoms. The minimum absolute atomic E-state index is 0.0286. The fourth-order valence-electron chi connectivity index (χ4n) is 13.3. The van der Waals surface area contributed by atoms with E-state index in [0.29, 0.717) is 48.3 Å². The Balaban J connectivity index is 0.000000264. The molecular weight excluding hydrogens is 749 g/mol. The Hall–Kier alpha value is -2.31. The Bertz CT molecular complexity index is 1430. The molecule has 11 heteroatoms. The zero-order valence-corrected chi connectivity index (χ0v) is 37.8. The van der Waals surface area contributed by atoms with E-state index >= 15 is 0 Å². The van der Waals surface area contributed by atoms with E-state index in [-0.39, 0.29) is 71.2 Å². The number of nitrogens with two attached hydrogens (primary N) is 1. The zero-order valence-electron chi connectivity index (χ0n) is 37.8. The molecule has 14 atom stereocenters. The van der Waals surface area contributed by atoms with Crippen LogP contribution in [0.3, 0.4) is 0 Å². The lowest BCUT2D eigenvalue weighted by atomic mass is 9.49. The number of rotatable bonds is 9. The van der Waals surface area contributed by atoms with Gasteiger partial charge in [-0.3, -0.25) is 14.4 Å². The second-order valence-corrected chi connectivity index (χ2v) is 20.2. The van der Waals surface area contributed by atoms with Gasteiger partial charge in [-0.25, -0.2) is 0 Å². The smallest absolute Gasteiger partial charge is 0.303 e. The molecule has 6 saturated carbocycles. The summed E-state index contributed by atoms with van der Waals surface area (Å²) in [5.74, 6) is 2.11.